The third-order valence-corrected chi connectivity index (χ3v) is 5.41. The van der Waals surface area contributed by atoms with Gasteiger partial charge in [-0.2, -0.15) is 0 Å². The van der Waals surface area contributed by atoms with Gasteiger partial charge < -0.3 is 19.3 Å². The van der Waals surface area contributed by atoms with E-state index in [9.17, 15) is 9.90 Å². The van der Waals surface area contributed by atoms with Crippen molar-refractivity contribution in [2.45, 2.75) is 56.8 Å². The highest BCUT2D eigenvalue weighted by Crippen LogP contribution is 2.30. The molecule has 2 heterocycles. The second-order valence-corrected chi connectivity index (χ2v) is 7.04. The molecule has 0 aliphatic heterocycles. The van der Waals surface area contributed by atoms with E-state index in [4.69, 9.17) is 9.26 Å². The van der Waals surface area contributed by atoms with Crippen LogP contribution in [0.5, 0.6) is 5.75 Å². The van der Waals surface area contributed by atoms with Crippen molar-refractivity contribution in [3.63, 3.8) is 0 Å². The van der Waals surface area contributed by atoms with Crippen LogP contribution in [-0.4, -0.2) is 51.4 Å². The fraction of sp³-hybridized carbons (Fsp3) is 0.526. The van der Waals surface area contributed by atoms with Gasteiger partial charge in [-0.3, -0.25) is 9.78 Å². The highest BCUT2D eigenvalue weighted by Gasteiger charge is 2.41. The van der Waals surface area contributed by atoms with E-state index in [2.05, 4.69) is 10.1 Å². The predicted octanol–water partition coefficient (Wildman–Crippen LogP) is 1.99. The lowest BCUT2D eigenvalue weighted by Gasteiger charge is -2.28. The summed E-state index contributed by atoms with van der Waals surface area (Å²) in [7, 11) is 1.71. The van der Waals surface area contributed by atoms with Crippen LogP contribution in [0.4, 0.5) is 0 Å². The Morgan fingerprint density at radius 3 is 3.00 bits per heavy atom. The Hall–Kier alpha value is -2.41. The maximum atomic E-state index is 12.9. The number of ether oxygens (including phenoxy) is 1. The molecule has 0 spiro atoms. The summed E-state index contributed by atoms with van der Waals surface area (Å²) in [6.07, 6.45) is 7.31. The Labute approximate surface area is 152 Å². The zero-order valence-electron chi connectivity index (χ0n) is 14.8. The van der Waals surface area contributed by atoms with Crippen LogP contribution in [0.15, 0.2) is 29.0 Å². The Morgan fingerprint density at radius 2 is 2.19 bits per heavy atom. The SMILES string of the molecule is CN(C(=O)c1noc2c1CCCC2)[C@@H]1CC[C@@H](Oc2cccnc2)[C@@H]1O. The normalized spacial score (nSPS) is 24.9. The summed E-state index contributed by atoms with van der Waals surface area (Å²) in [6, 6.07) is 3.29. The highest BCUT2D eigenvalue weighted by atomic mass is 16.5. The molecule has 2 aliphatic rings. The average Bonchev–Trinajstić information content (AvgIpc) is 3.26. The van der Waals surface area contributed by atoms with E-state index in [1.54, 1.807) is 30.4 Å². The molecule has 0 radical (unpaired) electrons. The van der Waals surface area contributed by atoms with Crippen molar-refractivity contribution >= 4 is 5.91 Å². The number of hydrogen-bond donors (Lipinski definition) is 1. The second-order valence-electron chi connectivity index (χ2n) is 7.04. The molecule has 1 fully saturated rings. The molecule has 0 unspecified atom stereocenters. The van der Waals surface area contributed by atoms with E-state index in [1.807, 2.05) is 6.07 Å². The molecule has 1 saturated carbocycles. The number of likely N-dealkylation sites (N-methyl/N-ethyl adjacent to an activating group) is 1. The van der Waals surface area contributed by atoms with Crippen molar-refractivity contribution in [3.05, 3.63) is 41.5 Å². The van der Waals surface area contributed by atoms with Crippen molar-refractivity contribution < 1.29 is 19.2 Å². The summed E-state index contributed by atoms with van der Waals surface area (Å²) in [5.74, 6) is 1.26. The lowest BCUT2D eigenvalue weighted by molar-refractivity contribution is 0.0162. The Balaban J connectivity index is 1.45. The maximum Gasteiger partial charge on any atom is 0.276 e. The van der Waals surface area contributed by atoms with E-state index < -0.39 is 6.10 Å². The monoisotopic (exact) mass is 357 g/mol. The minimum atomic E-state index is -0.758. The smallest absolute Gasteiger partial charge is 0.276 e. The van der Waals surface area contributed by atoms with Gasteiger partial charge in [0.1, 0.15) is 23.7 Å². The van der Waals surface area contributed by atoms with Crippen LogP contribution in [0.3, 0.4) is 0 Å². The standard InChI is InChI=1S/C19H23N3O4/c1-22(19(24)17-13-6-2-3-7-15(13)26-21-17)14-8-9-16(18(14)23)25-12-5-4-10-20-11-12/h4-5,10-11,14,16,18,23H,2-3,6-9H2,1H3/t14-,16-,18-/m1/s1. The molecule has 26 heavy (non-hydrogen) atoms. The number of fused-ring (bicyclic) bond motifs is 1. The van der Waals surface area contributed by atoms with E-state index in [0.717, 1.165) is 37.0 Å². The first-order valence-corrected chi connectivity index (χ1v) is 9.14. The predicted molar refractivity (Wildman–Crippen MR) is 92.9 cm³/mol. The number of carbonyl (C=O) groups excluding carboxylic acids is 1. The molecule has 1 amide bonds. The molecule has 0 aromatic carbocycles. The molecule has 3 atom stereocenters. The van der Waals surface area contributed by atoms with E-state index >= 15 is 0 Å². The zero-order chi connectivity index (χ0) is 18.1. The molecular formula is C19H23N3O4. The Kier molecular flexibility index (Phi) is 4.63. The first kappa shape index (κ1) is 17.0. The fourth-order valence-electron chi connectivity index (χ4n) is 3.94. The first-order valence-electron chi connectivity index (χ1n) is 9.14. The summed E-state index contributed by atoms with van der Waals surface area (Å²) in [4.78, 5) is 18.5. The van der Waals surface area contributed by atoms with Gasteiger partial charge in [0.05, 0.1) is 12.2 Å². The lowest BCUT2D eigenvalue weighted by Crippen LogP contribution is -2.45. The lowest BCUT2D eigenvalue weighted by atomic mass is 9.96. The van der Waals surface area contributed by atoms with Crippen LogP contribution in [0.2, 0.25) is 0 Å². The minimum Gasteiger partial charge on any atom is -0.486 e. The largest absolute Gasteiger partial charge is 0.486 e. The van der Waals surface area contributed by atoms with Crippen molar-refractivity contribution in [1.82, 2.24) is 15.0 Å². The maximum absolute atomic E-state index is 12.9. The number of aliphatic hydroxyl groups excluding tert-OH is 1. The molecular weight excluding hydrogens is 334 g/mol. The number of aromatic nitrogens is 2. The number of pyridine rings is 1. The number of hydrogen-bond acceptors (Lipinski definition) is 6. The van der Waals surface area contributed by atoms with Crippen LogP contribution in [0, 0.1) is 0 Å². The molecule has 4 rings (SSSR count). The van der Waals surface area contributed by atoms with Gasteiger partial charge in [-0.25, -0.2) is 0 Å². The molecule has 1 N–H and O–H groups in total. The van der Waals surface area contributed by atoms with Gasteiger partial charge in [0.25, 0.3) is 5.91 Å². The van der Waals surface area contributed by atoms with Gasteiger partial charge >= 0.3 is 0 Å². The van der Waals surface area contributed by atoms with E-state index in [0.29, 0.717) is 24.3 Å². The summed E-state index contributed by atoms with van der Waals surface area (Å²) in [5, 5.41) is 14.7. The van der Waals surface area contributed by atoms with Gasteiger partial charge in [-0.15, -0.1) is 0 Å². The van der Waals surface area contributed by atoms with Crippen LogP contribution >= 0.6 is 0 Å². The van der Waals surface area contributed by atoms with E-state index in [1.165, 1.54) is 0 Å². The third kappa shape index (κ3) is 3.07. The first-order chi connectivity index (χ1) is 12.6. The summed E-state index contributed by atoms with van der Waals surface area (Å²) < 4.78 is 11.2. The van der Waals surface area contributed by atoms with Gasteiger partial charge in [0, 0.05) is 25.2 Å². The van der Waals surface area contributed by atoms with Crippen molar-refractivity contribution in [1.29, 1.82) is 0 Å². The number of aliphatic hydroxyl groups is 1. The van der Waals surface area contributed by atoms with Gasteiger partial charge in [-0.1, -0.05) is 5.16 Å². The Morgan fingerprint density at radius 1 is 1.35 bits per heavy atom. The van der Waals surface area contributed by atoms with Gasteiger partial charge in [0.15, 0.2) is 5.69 Å². The summed E-state index contributed by atoms with van der Waals surface area (Å²) in [6.45, 7) is 0. The Bertz CT molecular complexity index is 776. The minimum absolute atomic E-state index is 0.192. The van der Waals surface area contributed by atoms with Gasteiger partial charge in [-0.05, 0) is 44.2 Å². The number of rotatable bonds is 4. The highest BCUT2D eigenvalue weighted by molar-refractivity contribution is 5.94. The molecule has 138 valence electrons. The van der Waals surface area contributed by atoms with Crippen molar-refractivity contribution in [2.24, 2.45) is 0 Å². The van der Waals surface area contributed by atoms with Crippen LogP contribution < -0.4 is 4.74 Å². The van der Waals surface area contributed by atoms with Crippen LogP contribution in [-0.2, 0) is 12.8 Å². The molecule has 0 bridgehead atoms. The number of carbonyl (C=O) groups is 1. The summed E-state index contributed by atoms with van der Waals surface area (Å²) >= 11 is 0. The van der Waals surface area contributed by atoms with Gasteiger partial charge in [0.2, 0.25) is 0 Å². The van der Waals surface area contributed by atoms with Crippen LogP contribution in [0.1, 0.15) is 47.5 Å². The summed E-state index contributed by atoms with van der Waals surface area (Å²) in [5.41, 5.74) is 1.33. The van der Waals surface area contributed by atoms with Crippen LogP contribution in [0.25, 0.3) is 0 Å². The molecule has 7 heteroatoms. The van der Waals surface area contributed by atoms with Crippen molar-refractivity contribution in [3.8, 4) is 5.75 Å². The number of nitrogens with zero attached hydrogens (tertiary/aromatic N) is 3. The molecule has 2 aromatic rings. The molecule has 7 nitrogen and oxygen atoms in total. The molecule has 2 aliphatic carbocycles. The van der Waals surface area contributed by atoms with Crippen molar-refractivity contribution in [2.75, 3.05) is 7.05 Å². The second kappa shape index (κ2) is 7.07. The fourth-order valence-corrected chi connectivity index (χ4v) is 3.94. The number of aryl methyl sites for hydroxylation is 1. The number of amides is 1. The average molecular weight is 357 g/mol. The molecule has 0 saturated heterocycles. The topological polar surface area (TPSA) is 88.7 Å². The van der Waals surface area contributed by atoms with E-state index in [-0.39, 0.29) is 18.1 Å². The zero-order valence-corrected chi connectivity index (χ0v) is 14.8. The molecule has 2 aromatic heterocycles. The quantitative estimate of drug-likeness (QED) is 0.900. The third-order valence-electron chi connectivity index (χ3n) is 5.41.